The van der Waals surface area contributed by atoms with Gasteiger partial charge in [0.1, 0.15) is 5.82 Å². The highest BCUT2D eigenvalue weighted by molar-refractivity contribution is 7.09. The van der Waals surface area contributed by atoms with Crippen molar-refractivity contribution in [2.24, 2.45) is 0 Å². The molecule has 0 spiro atoms. The van der Waals surface area contributed by atoms with Crippen LogP contribution in [0.3, 0.4) is 0 Å². The second-order valence-corrected chi connectivity index (χ2v) is 7.70. The minimum atomic E-state index is 0.121. The van der Waals surface area contributed by atoms with Gasteiger partial charge in [-0.05, 0) is 17.9 Å². The zero-order valence-electron chi connectivity index (χ0n) is 14.5. The number of nitrogens with zero attached hydrogens (tertiary/aromatic N) is 4. The number of fused-ring (bicyclic) bond motifs is 1. The molecule has 7 heteroatoms. The molecule has 3 rings (SSSR count). The normalized spacial score (nSPS) is 17.1. The van der Waals surface area contributed by atoms with Crippen LogP contribution in [-0.2, 0) is 24.3 Å². The van der Waals surface area contributed by atoms with Gasteiger partial charge in [-0.1, -0.05) is 19.9 Å². The molecule has 6 nitrogen and oxygen atoms in total. The van der Waals surface area contributed by atoms with Crippen LogP contribution in [0, 0.1) is 0 Å². The molecule has 1 aliphatic heterocycles. The zero-order valence-corrected chi connectivity index (χ0v) is 15.3. The molecule has 0 unspecified atom stereocenters. The molecule has 2 aromatic rings. The molecule has 1 amide bonds. The van der Waals surface area contributed by atoms with Gasteiger partial charge in [0.25, 0.3) is 0 Å². The van der Waals surface area contributed by atoms with Crippen molar-refractivity contribution in [1.29, 1.82) is 0 Å². The fraction of sp³-hybridized carbons (Fsp3) is 0.588. The average molecular weight is 347 g/mol. The number of aromatic nitrogens is 3. The van der Waals surface area contributed by atoms with E-state index in [-0.39, 0.29) is 11.9 Å². The van der Waals surface area contributed by atoms with E-state index in [2.05, 4.69) is 35.3 Å². The van der Waals surface area contributed by atoms with Crippen molar-refractivity contribution < 1.29 is 4.79 Å². The van der Waals surface area contributed by atoms with Crippen LogP contribution in [0.2, 0.25) is 0 Å². The second kappa shape index (κ2) is 7.44. The van der Waals surface area contributed by atoms with Crippen molar-refractivity contribution in [3.05, 3.63) is 34.0 Å². The highest BCUT2D eigenvalue weighted by Gasteiger charge is 2.23. The number of hydrogen-bond donors (Lipinski definition) is 1. The Morgan fingerprint density at radius 1 is 1.54 bits per heavy atom. The Morgan fingerprint density at radius 3 is 3.08 bits per heavy atom. The molecule has 1 N–H and O–H groups in total. The second-order valence-electron chi connectivity index (χ2n) is 6.67. The monoisotopic (exact) mass is 347 g/mol. The molecule has 0 radical (unpaired) electrons. The summed E-state index contributed by atoms with van der Waals surface area (Å²) < 4.78 is 2.00. The number of aryl methyl sites for hydroxylation is 1. The number of rotatable bonds is 6. The molecule has 0 bridgehead atoms. The van der Waals surface area contributed by atoms with Crippen LogP contribution in [0.15, 0.2) is 17.5 Å². The van der Waals surface area contributed by atoms with E-state index in [1.54, 1.807) is 16.2 Å². The lowest BCUT2D eigenvalue weighted by Gasteiger charge is -2.24. The molecule has 130 valence electrons. The van der Waals surface area contributed by atoms with Gasteiger partial charge in [-0.2, -0.15) is 5.10 Å². The topological polar surface area (TPSA) is 63.1 Å². The number of hydrogen-bond acceptors (Lipinski definition) is 5. The van der Waals surface area contributed by atoms with Gasteiger partial charge in [0.05, 0.1) is 19.6 Å². The molecule has 24 heavy (non-hydrogen) atoms. The number of carbonyl (C=O) groups is 1. The Kier molecular flexibility index (Phi) is 5.30. The maximum Gasteiger partial charge on any atom is 0.236 e. The van der Waals surface area contributed by atoms with Crippen molar-refractivity contribution in [2.75, 3.05) is 13.6 Å². The van der Waals surface area contributed by atoms with E-state index in [1.807, 2.05) is 23.2 Å². The van der Waals surface area contributed by atoms with E-state index < -0.39 is 0 Å². The van der Waals surface area contributed by atoms with Gasteiger partial charge >= 0.3 is 0 Å². The van der Waals surface area contributed by atoms with Crippen LogP contribution >= 0.6 is 11.3 Å². The van der Waals surface area contributed by atoms with Crippen LogP contribution in [0.25, 0.3) is 0 Å². The van der Waals surface area contributed by atoms with Crippen LogP contribution in [0.1, 0.15) is 42.7 Å². The molecule has 0 saturated carbocycles. The zero-order chi connectivity index (χ0) is 17.1. The van der Waals surface area contributed by atoms with E-state index in [0.717, 1.165) is 31.0 Å². The van der Waals surface area contributed by atoms with E-state index >= 15 is 0 Å². The molecule has 3 heterocycles. The molecule has 0 aromatic carbocycles. The highest BCUT2D eigenvalue weighted by atomic mass is 32.1. The Hall–Kier alpha value is -1.73. The maximum absolute atomic E-state index is 12.3. The van der Waals surface area contributed by atoms with Crippen molar-refractivity contribution in [1.82, 2.24) is 25.0 Å². The lowest BCUT2D eigenvalue weighted by Crippen LogP contribution is -2.43. The Morgan fingerprint density at radius 2 is 2.38 bits per heavy atom. The summed E-state index contributed by atoms with van der Waals surface area (Å²) in [5.41, 5.74) is 0. The first kappa shape index (κ1) is 17.1. The van der Waals surface area contributed by atoms with Crippen molar-refractivity contribution in [3.63, 3.8) is 0 Å². The van der Waals surface area contributed by atoms with Gasteiger partial charge in [-0.25, -0.2) is 9.67 Å². The number of likely N-dealkylation sites (N-methyl/N-ethyl adjacent to an activating group) is 1. The summed E-state index contributed by atoms with van der Waals surface area (Å²) >= 11 is 1.68. The van der Waals surface area contributed by atoms with E-state index in [4.69, 9.17) is 0 Å². The van der Waals surface area contributed by atoms with Gasteiger partial charge in [-0.3, -0.25) is 4.79 Å². The molecule has 0 saturated heterocycles. The number of thiophene rings is 1. The van der Waals surface area contributed by atoms with Crippen molar-refractivity contribution >= 4 is 17.2 Å². The average Bonchev–Trinajstić information content (AvgIpc) is 3.21. The van der Waals surface area contributed by atoms with Crippen LogP contribution in [-0.4, -0.2) is 45.2 Å². The van der Waals surface area contributed by atoms with Gasteiger partial charge in [0.2, 0.25) is 5.91 Å². The smallest absolute Gasteiger partial charge is 0.236 e. The standard InChI is InChI=1S/C17H25N5OS/c1-12(2)17-19-15-7-6-13(10-22(15)20-17)18-9-16(23)21(3)11-14-5-4-8-24-14/h4-5,8,12-13,18H,6-7,9-11H2,1-3H3/t13-/m0/s1. The summed E-state index contributed by atoms with van der Waals surface area (Å²) in [5, 5.41) is 10.0. The SMILES string of the molecule is CC(C)c1nc2n(n1)C[C@@H](NCC(=O)N(C)Cc1cccs1)CC2. The molecule has 1 aliphatic rings. The number of carbonyl (C=O) groups excluding carboxylic acids is 1. The quantitative estimate of drug-likeness (QED) is 0.868. The predicted molar refractivity (Wildman–Crippen MR) is 95.0 cm³/mol. The van der Waals surface area contributed by atoms with Crippen LogP contribution in [0.4, 0.5) is 0 Å². The Labute approximate surface area is 146 Å². The third-order valence-corrected chi connectivity index (χ3v) is 5.19. The van der Waals surface area contributed by atoms with Gasteiger partial charge in [0, 0.05) is 30.3 Å². The molecule has 2 aromatic heterocycles. The molecule has 0 aliphatic carbocycles. The Balaban J connectivity index is 1.49. The van der Waals surface area contributed by atoms with E-state index in [0.29, 0.717) is 19.0 Å². The Bertz CT molecular complexity index is 679. The molecular formula is C17H25N5OS. The summed E-state index contributed by atoms with van der Waals surface area (Å²) in [6.45, 7) is 6.05. The first-order chi connectivity index (χ1) is 11.5. The fourth-order valence-corrected chi connectivity index (χ4v) is 3.59. The van der Waals surface area contributed by atoms with E-state index in [9.17, 15) is 4.79 Å². The fourth-order valence-electron chi connectivity index (χ4n) is 2.83. The number of nitrogens with one attached hydrogen (secondary N) is 1. The highest BCUT2D eigenvalue weighted by Crippen LogP contribution is 2.17. The maximum atomic E-state index is 12.3. The number of amides is 1. The lowest BCUT2D eigenvalue weighted by atomic mass is 10.1. The van der Waals surface area contributed by atoms with Gasteiger partial charge in [-0.15, -0.1) is 11.3 Å². The third kappa shape index (κ3) is 4.02. The molecule has 1 atom stereocenters. The van der Waals surface area contributed by atoms with Crippen molar-refractivity contribution in [2.45, 2.75) is 51.7 Å². The molecular weight excluding hydrogens is 322 g/mol. The molecule has 0 fully saturated rings. The first-order valence-corrected chi connectivity index (χ1v) is 9.34. The largest absolute Gasteiger partial charge is 0.340 e. The van der Waals surface area contributed by atoms with Gasteiger partial charge < -0.3 is 10.2 Å². The predicted octanol–water partition coefficient (Wildman–Crippen LogP) is 2.03. The summed E-state index contributed by atoms with van der Waals surface area (Å²) in [4.78, 5) is 19.9. The van der Waals surface area contributed by atoms with E-state index in [1.165, 1.54) is 4.88 Å². The minimum absolute atomic E-state index is 0.121. The summed E-state index contributed by atoms with van der Waals surface area (Å²) in [7, 11) is 1.86. The lowest BCUT2D eigenvalue weighted by molar-refractivity contribution is -0.129. The summed E-state index contributed by atoms with van der Waals surface area (Å²) in [6.07, 6.45) is 1.91. The van der Waals surface area contributed by atoms with Gasteiger partial charge in [0.15, 0.2) is 5.82 Å². The van der Waals surface area contributed by atoms with Crippen LogP contribution < -0.4 is 5.32 Å². The van der Waals surface area contributed by atoms with Crippen LogP contribution in [0.5, 0.6) is 0 Å². The summed E-state index contributed by atoms with van der Waals surface area (Å²) in [6, 6.07) is 4.35. The summed E-state index contributed by atoms with van der Waals surface area (Å²) in [5.74, 6) is 2.45. The first-order valence-electron chi connectivity index (χ1n) is 8.46. The minimum Gasteiger partial charge on any atom is -0.340 e. The van der Waals surface area contributed by atoms with Crippen molar-refractivity contribution in [3.8, 4) is 0 Å². The third-order valence-electron chi connectivity index (χ3n) is 4.33.